The van der Waals surface area contributed by atoms with Crippen molar-refractivity contribution >= 4 is 28.8 Å². The van der Waals surface area contributed by atoms with Crippen LogP contribution >= 0.6 is 22.9 Å². The Morgan fingerprint density at radius 3 is 3.00 bits per heavy atom. The number of nitrogens with zero attached hydrogens (tertiary/aromatic N) is 1. The summed E-state index contributed by atoms with van der Waals surface area (Å²) in [5.74, 6) is -0.153. The number of halogens is 1. The predicted molar refractivity (Wildman–Crippen MR) is 51.7 cm³/mol. The zero-order valence-electron chi connectivity index (χ0n) is 6.71. The highest BCUT2D eigenvalue weighted by Crippen LogP contribution is 2.21. The van der Waals surface area contributed by atoms with E-state index in [2.05, 4.69) is 5.32 Å². The molecule has 0 aliphatic carbocycles. The van der Waals surface area contributed by atoms with Crippen molar-refractivity contribution in [3.63, 3.8) is 0 Å². The first-order valence-electron chi connectivity index (χ1n) is 3.60. The summed E-state index contributed by atoms with van der Waals surface area (Å²) in [4.78, 5) is 12.0. The van der Waals surface area contributed by atoms with Crippen molar-refractivity contribution in [1.29, 1.82) is 5.26 Å². The third kappa shape index (κ3) is 3.45. The fourth-order valence-electron chi connectivity index (χ4n) is 0.806. The van der Waals surface area contributed by atoms with Gasteiger partial charge in [-0.15, -0.1) is 11.3 Å². The largest absolute Gasteiger partial charge is 0.343 e. The summed E-state index contributed by atoms with van der Waals surface area (Å²) >= 11 is 7.05. The van der Waals surface area contributed by atoms with Crippen molar-refractivity contribution in [1.82, 2.24) is 5.32 Å². The minimum absolute atomic E-state index is 0.0535. The Bertz CT molecular complexity index is 342. The van der Waals surface area contributed by atoms with E-state index < -0.39 is 0 Å². The Morgan fingerprint density at radius 2 is 2.46 bits per heavy atom. The van der Waals surface area contributed by atoms with Gasteiger partial charge in [0, 0.05) is 4.88 Å². The van der Waals surface area contributed by atoms with E-state index in [1.165, 1.54) is 11.3 Å². The summed E-state index contributed by atoms with van der Waals surface area (Å²) in [5.41, 5.74) is 0. The number of nitrogens with one attached hydrogen (secondary N) is 1. The molecule has 0 aliphatic rings. The molecule has 0 bridgehead atoms. The van der Waals surface area contributed by atoms with Crippen molar-refractivity contribution in [2.75, 3.05) is 6.54 Å². The maximum Gasteiger partial charge on any atom is 0.226 e. The van der Waals surface area contributed by atoms with Crippen LogP contribution in [0.3, 0.4) is 0 Å². The van der Waals surface area contributed by atoms with E-state index in [1.54, 1.807) is 12.1 Å². The molecule has 1 aromatic rings. The lowest BCUT2D eigenvalue weighted by Crippen LogP contribution is -2.24. The standard InChI is InChI=1S/C8H7ClN2OS/c9-7-2-1-6(13-7)5-8(12)11-4-3-10/h1-2H,4-5H2,(H,11,12). The highest BCUT2D eigenvalue weighted by atomic mass is 35.5. The van der Waals surface area contributed by atoms with Crippen LogP contribution < -0.4 is 5.32 Å². The molecule has 0 aliphatic heterocycles. The Labute approximate surface area is 84.9 Å². The zero-order chi connectivity index (χ0) is 9.68. The van der Waals surface area contributed by atoms with Crippen LogP contribution in [-0.2, 0) is 11.2 Å². The smallest absolute Gasteiger partial charge is 0.226 e. The first-order valence-corrected chi connectivity index (χ1v) is 4.79. The average Bonchev–Trinajstić information content (AvgIpc) is 2.48. The molecule has 0 fully saturated rings. The van der Waals surface area contributed by atoms with Crippen LogP contribution in [0.5, 0.6) is 0 Å². The second-order valence-corrected chi connectivity index (χ2v) is 4.12. The maximum absolute atomic E-state index is 11.1. The van der Waals surface area contributed by atoms with E-state index in [9.17, 15) is 4.79 Å². The summed E-state index contributed by atoms with van der Waals surface area (Å²) in [6, 6.07) is 5.39. The minimum Gasteiger partial charge on any atom is -0.343 e. The van der Waals surface area contributed by atoms with Crippen LogP contribution in [0.1, 0.15) is 4.88 Å². The van der Waals surface area contributed by atoms with Gasteiger partial charge in [-0.2, -0.15) is 5.26 Å². The van der Waals surface area contributed by atoms with Gasteiger partial charge in [0.15, 0.2) is 0 Å². The molecule has 1 heterocycles. The summed E-state index contributed by atoms with van der Waals surface area (Å²) in [6.07, 6.45) is 0.291. The number of nitriles is 1. The molecule has 0 atom stereocenters. The van der Waals surface area contributed by atoms with E-state index in [0.29, 0.717) is 10.8 Å². The number of amides is 1. The van der Waals surface area contributed by atoms with Crippen LogP contribution in [-0.4, -0.2) is 12.5 Å². The van der Waals surface area contributed by atoms with E-state index in [-0.39, 0.29) is 12.5 Å². The van der Waals surface area contributed by atoms with E-state index in [1.807, 2.05) is 6.07 Å². The number of thiophene rings is 1. The molecule has 68 valence electrons. The molecular weight excluding hydrogens is 208 g/mol. The highest BCUT2D eigenvalue weighted by molar-refractivity contribution is 7.16. The monoisotopic (exact) mass is 214 g/mol. The quantitative estimate of drug-likeness (QED) is 0.777. The lowest BCUT2D eigenvalue weighted by Gasteiger charge is -1.96. The normalized spacial score (nSPS) is 9.23. The summed E-state index contributed by atoms with van der Waals surface area (Å²) in [5, 5.41) is 10.7. The minimum atomic E-state index is -0.153. The zero-order valence-corrected chi connectivity index (χ0v) is 8.28. The molecule has 0 spiro atoms. The maximum atomic E-state index is 11.1. The lowest BCUT2D eigenvalue weighted by atomic mass is 10.3. The average molecular weight is 215 g/mol. The van der Waals surface area contributed by atoms with Gasteiger partial charge in [0.2, 0.25) is 5.91 Å². The first-order chi connectivity index (χ1) is 6.22. The van der Waals surface area contributed by atoms with Crippen molar-refractivity contribution in [3.05, 3.63) is 21.3 Å². The number of carbonyl (C=O) groups is 1. The third-order valence-electron chi connectivity index (χ3n) is 1.33. The summed E-state index contributed by atoms with van der Waals surface area (Å²) in [6.45, 7) is 0.0535. The fourth-order valence-corrected chi connectivity index (χ4v) is 1.89. The van der Waals surface area contributed by atoms with E-state index >= 15 is 0 Å². The molecular formula is C8H7ClN2OS. The van der Waals surface area contributed by atoms with Gasteiger partial charge >= 0.3 is 0 Å². The summed E-state index contributed by atoms with van der Waals surface area (Å²) in [7, 11) is 0. The number of rotatable bonds is 3. The fraction of sp³-hybridized carbons (Fsp3) is 0.250. The van der Waals surface area contributed by atoms with Gasteiger partial charge in [-0.1, -0.05) is 11.6 Å². The van der Waals surface area contributed by atoms with Crippen LogP contribution in [0.25, 0.3) is 0 Å². The van der Waals surface area contributed by atoms with Gasteiger partial charge in [-0.3, -0.25) is 4.79 Å². The molecule has 1 N–H and O–H groups in total. The molecule has 0 aromatic carbocycles. The molecule has 5 heteroatoms. The van der Waals surface area contributed by atoms with Crippen molar-refractivity contribution in [2.24, 2.45) is 0 Å². The number of hydrogen-bond acceptors (Lipinski definition) is 3. The van der Waals surface area contributed by atoms with Crippen LogP contribution in [0.4, 0.5) is 0 Å². The van der Waals surface area contributed by atoms with Gasteiger partial charge in [-0.25, -0.2) is 0 Å². The van der Waals surface area contributed by atoms with Crippen molar-refractivity contribution in [3.8, 4) is 6.07 Å². The van der Waals surface area contributed by atoms with Gasteiger partial charge < -0.3 is 5.32 Å². The number of hydrogen-bond donors (Lipinski definition) is 1. The van der Waals surface area contributed by atoms with Crippen LogP contribution in [0.2, 0.25) is 4.34 Å². The van der Waals surface area contributed by atoms with Crippen molar-refractivity contribution in [2.45, 2.75) is 6.42 Å². The molecule has 0 radical (unpaired) electrons. The van der Waals surface area contributed by atoms with E-state index in [0.717, 1.165) is 4.88 Å². The second-order valence-electron chi connectivity index (χ2n) is 2.32. The third-order valence-corrected chi connectivity index (χ3v) is 2.56. The lowest BCUT2D eigenvalue weighted by molar-refractivity contribution is -0.120. The molecule has 13 heavy (non-hydrogen) atoms. The van der Waals surface area contributed by atoms with E-state index in [4.69, 9.17) is 16.9 Å². The molecule has 0 saturated carbocycles. The van der Waals surface area contributed by atoms with Gasteiger partial charge in [-0.05, 0) is 12.1 Å². The molecule has 0 unspecified atom stereocenters. The molecule has 1 amide bonds. The van der Waals surface area contributed by atoms with Crippen molar-refractivity contribution < 1.29 is 4.79 Å². The second kappa shape index (κ2) is 4.85. The topological polar surface area (TPSA) is 52.9 Å². The highest BCUT2D eigenvalue weighted by Gasteiger charge is 2.04. The molecule has 1 rings (SSSR count). The van der Waals surface area contributed by atoms with Gasteiger partial charge in [0.25, 0.3) is 0 Å². The molecule has 0 saturated heterocycles. The van der Waals surface area contributed by atoms with Gasteiger partial charge in [0.05, 0.1) is 16.8 Å². The van der Waals surface area contributed by atoms with Crippen LogP contribution in [0.15, 0.2) is 12.1 Å². The summed E-state index contributed by atoms with van der Waals surface area (Å²) < 4.78 is 0.670. The van der Waals surface area contributed by atoms with Crippen LogP contribution in [0, 0.1) is 11.3 Å². The van der Waals surface area contributed by atoms with Gasteiger partial charge in [0.1, 0.15) is 6.54 Å². The SMILES string of the molecule is N#CCNC(=O)Cc1ccc(Cl)s1. The Balaban J connectivity index is 2.41. The predicted octanol–water partition coefficient (Wildman–Crippen LogP) is 1.58. The Hall–Kier alpha value is -1.05. The molecule has 1 aromatic heterocycles. The first kappa shape index (κ1) is 10.0. The number of carbonyl (C=O) groups excluding carboxylic acids is 1. The Morgan fingerprint density at radius 1 is 1.69 bits per heavy atom. The molecule has 3 nitrogen and oxygen atoms in total. The Kier molecular flexibility index (Phi) is 3.74.